The number of hydrogen-bond acceptors (Lipinski definition) is 1. The van der Waals surface area contributed by atoms with E-state index in [9.17, 15) is 0 Å². The predicted molar refractivity (Wildman–Crippen MR) is 70.7 cm³/mol. The Labute approximate surface area is 103 Å². The molecule has 3 heteroatoms. The minimum atomic E-state index is 0.478. The lowest BCUT2D eigenvalue weighted by molar-refractivity contribution is 0.398. The zero-order chi connectivity index (χ0) is 12.1. The summed E-state index contributed by atoms with van der Waals surface area (Å²) in [6.45, 7) is 9.06. The molecule has 0 saturated heterocycles. The zero-order valence-corrected chi connectivity index (χ0v) is 11.1. The van der Waals surface area contributed by atoms with Crippen LogP contribution in [0.1, 0.15) is 26.0 Å². The Morgan fingerprint density at radius 2 is 2.25 bits per heavy atom. The van der Waals surface area contributed by atoms with Gasteiger partial charge in [-0.15, -0.1) is 6.58 Å². The molecular weight excluding hydrogens is 220 g/mol. The van der Waals surface area contributed by atoms with E-state index in [0.29, 0.717) is 12.0 Å². The lowest BCUT2D eigenvalue weighted by Crippen LogP contribution is -2.31. The molecule has 2 unspecified atom stereocenters. The molecule has 1 heterocycles. The van der Waals surface area contributed by atoms with E-state index in [4.69, 9.17) is 11.6 Å². The quantitative estimate of drug-likeness (QED) is 0.755. The van der Waals surface area contributed by atoms with Gasteiger partial charge in [-0.1, -0.05) is 24.6 Å². The second kappa shape index (κ2) is 6.12. The van der Waals surface area contributed by atoms with Crippen LogP contribution < -0.4 is 5.32 Å². The van der Waals surface area contributed by atoms with Crippen molar-refractivity contribution in [1.29, 1.82) is 0 Å². The molecule has 0 saturated carbocycles. The third-order valence-electron chi connectivity index (χ3n) is 3.07. The Morgan fingerprint density at radius 3 is 2.75 bits per heavy atom. The van der Waals surface area contributed by atoms with Crippen molar-refractivity contribution >= 4 is 11.6 Å². The molecule has 0 aromatic carbocycles. The molecule has 0 aliphatic rings. The third kappa shape index (κ3) is 3.69. The number of nitrogens with one attached hydrogen (secondary N) is 1. The van der Waals surface area contributed by atoms with Gasteiger partial charge in [0.2, 0.25) is 0 Å². The van der Waals surface area contributed by atoms with Crippen molar-refractivity contribution in [2.45, 2.75) is 32.9 Å². The van der Waals surface area contributed by atoms with Crippen LogP contribution >= 0.6 is 11.6 Å². The van der Waals surface area contributed by atoms with E-state index in [1.807, 2.05) is 25.4 Å². The van der Waals surface area contributed by atoms with Crippen LogP contribution in [-0.2, 0) is 13.6 Å². The van der Waals surface area contributed by atoms with E-state index in [1.54, 1.807) is 0 Å². The topological polar surface area (TPSA) is 17.0 Å². The van der Waals surface area contributed by atoms with Gasteiger partial charge < -0.3 is 9.88 Å². The fourth-order valence-corrected chi connectivity index (χ4v) is 1.95. The van der Waals surface area contributed by atoms with Crippen molar-refractivity contribution in [2.24, 2.45) is 13.0 Å². The summed E-state index contributed by atoms with van der Waals surface area (Å²) >= 11 is 5.93. The van der Waals surface area contributed by atoms with Gasteiger partial charge in [-0.05, 0) is 25.3 Å². The lowest BCUT2D eigenvalue weighted by atomic mass is 10.00. The van der Waals surface area contributed by atoms with Gasteiger partial charge in [0.15, 0.2) is 0 Å². The number of halogens is 1. The summed E-state index contributed by atoms with van der Waals surface area (Å²) in [5.74, 6) is 0.605. The van der Waals surface area contributed by atoms with Crippen molar-refractivity contribution < 1.29 is 0 Å². The van der Waals surface area contributed by atoms with Crippen LogP contribution in [0.4, 0.5) is 0 Å². The largest absolute Gasteiger partial charge is 0.352 e. The van der Waals surface area contributed by atoms with Gasteiger partial charge in [-0.25, -0.2) is 0 Å². The molecule has 0 amide bonds. The molecule has 1 rings (SSSR count). The number of nitrogens with zero attached hydrogens (tertiary/aromatic N) is 1. The number of hydrogen-bond donors (Lipinski definition) is 1. The van der Waals surface area contributed by atoms with Crippen molar-refractivity contribution in [1.82, 2.24) is 9.88 Å². The Bertz CT molecular complexity index is 344. The molecule has 1 N–H and O–H groups in total. The van der Waals surface area contributed by atoms with Gasteiger partial charge in [0.1, 0.15) is 0 Å². The van der Waals surface area contributed by atoms with Crippen LogP contribution in [0.25, 0.3) is 0 Å². The summed E-state index contributed by atoms with van der Waals surface area (Å²) in [6, 6.07) is 2.48. The van der Waals surface area contributed by atoms with Crippen LogP contribution in [0.2, 0.25) is 5.02 Å². The molecule has 16 heavy (non-hydrogen) atoms. The summed E-state index contributed by atoms with van der Waals surface area (Å²) in [7, 11) is 2.01. The smallest absolute Gasteiger partial charge is 0.0585 e. The maximum absolute atomic E-state index is 5.93. The Balaban J connectivity index is 2.45. The number of rotatable bonds is 6. The molecule has 0 bridgehead atoms. The fourth-order valence-electron chi connectivity index (χ4n) is 1.68. The summed E-state index contributed by atoms with van der Waals surface area (Å²) in [5.41, 5.74) is 1.21. The number of allylic oxidation sites excluding steroid dienone is 1. The van der Waals surface area contributed by atoms with Crippen LogP contribution in [-0.4, -0.2) is 10.6 Å². The highest BCUT2D eigenvalue weighted by Crippen LogP contribution is 2.14. The molecule has 0 radical (unpaired) electrons. The average Bonchev–Trinajstić information content (AvgIpc) is 2.54. The first-order chi connectivity index (χ1) is 7.54. The molecule has 2 nitrogen and oxygen atoms in total. The van der Waals surface area contributed by atoms with Crippen LogP contribution in [0, 0.1) is 5.92 Å². The van der Waals surface area contributed by atoms with E-state index in [0.717, 1.165) is 18.0 Å². The maximum atomic E-state index is 5.93. The number of aromatic nitrogens is 1. The molecule has 0 spiro atoms. The molecule has 0 aliphatic carbocycles. The van der Waals surface area contributed by atoms with E-state index >= 15 is 0 Å². The Hall–Kier alpha value is -0.730. The Morgan fingerprint density at radius 1 is 1.56 bits per heavy atom. The first-order valence-electron chi connectivity index (χ1n) is 5.69. The molecule has 1 aromatic rings. The van der Waals surface area contributed by atoms with Gasteiger partial charge >= 0.3 is 0 Å². The first kappa shape index (κ1) is 13.3. The van der Waals surface area contributed by atoms with Crippen LogP contribution in [0.5, 0.6) is 0 Å². The minimum Gasteiger partial charge on any atom is -0.352 e. The molecular formula is C13H21ClN2. The fraction of sp³-hybridized carbons (Fsp3) is 0.538. The SMILES string of the molecule is C=CCC(C)C(C)NCc1cc(Cl)cn1C. The van der Waals surface area contributed by atoms with Gasteiger partial charge in [0.05, 0.1) is 5.02 Å². The normalized spacial score (nSPS) is 14.8. The highest BCUT2D eigenvalue weighted by molar-refractivity contribution is 6.30. The summed E-state index contributed by atoms with van der Waals surface area (Å²) in [4.78, 5) is 0. The average molecular weight is 241 g/mol. The second-order valence-corrected chi connectivity index (χ2v) is 4.87. The molecule has 1 aromatic heterocycles. The van der Waals surface area contributed by atoms with E-state index in [2.05, 4.69) is 30.3 Å². The van der Waals surface area contributed by atoms with Crippen LogP contribution in [0.15, 0.2) is 24.9 Å². The number of aryl methyl sites for hydroxylation is 1. The molecule has 90 valence electrons. The highest BCUT2D eigenvalue weighted by atomic mass is 35.5. The van der Waals surface area contributed by atoms with E-state index in [1.165, 1.54) is 5.69 Å². The van der Waals surface area contributed by atoms with Crippen molar-refractivity contribution in [3.05, 3.63) is 35.6 Å². The van der Waals surface area contributed by atoms with Crippen LogP contribution in [0.3, 0.4) is 0 Å². The summed E-state index contributed by atoms with van der Waals surface area (Å²) in [6.07, 6.45) is 4.95. The van der Waals surface area contributed by atoms with Gasteiger partial charge in [-0.3, -0.25) is 0 Å². The summed E-state index contributed by atoms with van der Waals surface area (Å²) in [5, 5.41) is 4.31. The second-order valence-electron chi connectivity index (χ2n) is 4.43. The molecule has 2 atom stereocenters. The third-order valence-corrected chi connectivity index (χ3v) is 3.28. The van der Waals surface area contributed by atoms with Crippen molar-refractivity contribution in [3.8, 4) is 0 Å². The zero-order valence-electron chi connectivity index (χ0n) is 10.3. The van der Waals surface area contributed by atoms with Gasteiger partial charge in [0, 0.05) is 31.5 Å². The van der Waals surface area contributed by atoms with Crippen molar-refractivity contribution in [2.75, 3.05) is 0 Å². The predicted octanol–water partition coefficient (Wildman–Crippen LogP) is 3.37. The van der Waals surface area contributed by atoms with Gasteiger partial charge in [0.25, 0.3) is 0 Å². The first-order valence-corrected chi connectivity index (χ1v) is 6.07. The standard InChI is InChI=1S/C13H21ClN2/c1-5-6-10(2)11(3)15-8-13-7-12(14)9-16(13)4/h5,7,9-11,15H,1,6,8H2,2-4H3. The minimum absolute atomic E-state index is 0.478. The van der Waals surface area contributed by atoms with E-state index < -0.39 is 0 Å². The molecule has 0 fully saturated rings. The lowest BCUT2D eigenvalue weighted by Gasteiger charge is -2.20. The Kier molecular flexibility index (Phi) is 5.10. The summed E-state index contributed by atoms with van der Waals surface area (Å²) < 4.78 is 2.06. The highest BCUT2D eigenvalue weighted by Gasteiger charge is 2.10. The monoisotopic (exact) mass is 240 g/mol. The molecule has 0 aliphatic heterocycles. The van der Waals surface area contributed by atoms with Crippen molar-refractivity contribution in [3.63, 3.8) is 0 Å². The van der Waals surface area contributed by atoms with Gasteiger partial charge in [-0.2, -0.15) is 0 Å². The van der Waals surface area contributed by atoms with E-state index in [-0.39, 0.29) is 0 Å². The maximum Gasteiger partial charge on any atom is 0.0585 e.